The third kappa shape index (κ3) is 3.88. The first kappa shape index (κ1) is 11.2. The molecule has 14 heavy (non-hydrogen) atoms. The van der Waals surface area contributed by atoms with E-state index in [0.717, 1.165) is 18.2 Å². The van der Waals surface area contributed by atoms with Crippen LogP contribution in [0.15, 0.2) is 24.4 Å². The van der Waals surface area contributed by atoms with Crippen LogP contribution >= 0.6 is 0 Å². The standard InChI is InChI=1S/C12H20N2/c1-10(2)7-9-13-11(3)12-6-4-5-8-14-12/h4-6,8,10-11,13H,7,9H2,1-3H3. The Kier molecular flexibility index (Phi) is 4.60. The van der Waals surface area contributed by atoms with Gasteiger partial charge in [0.25, 0.3) is 0 Å². The zero-order valence-corrected chi connectivity index (χ0v) is 9.33. The van der Waals surface area contributed by atoms with Gasteiger partial charge in [-0.1, -0.05) is 19.9 Å². The average molecular weight is 192 g/mol. The summed E-state index contributed by atoms with van der Waals surface area (Å²) in [4.78, 5) is 4.31. The molecule has 78 valence electrons. The largest absolute Gasteiger partial charge is 0.309 e. The number of pyridine rings is 1. The Hall–Kier alpha value is -0.890. The van der Waals surface area contributed by atoms with Crippen molar-refractivity contribution in [2.75, 3.05) is 6.54 Å². The summed E-state index contributed by atoms with van der Waals surface area (Å²) in [7, 11) is 0. The topological polar surface area (TPSA) is 24.9 Å². The molecule has 1 N–H and O–H groups in total. The third-order valence-corrected chi connectivity index (χ3v) is 2.30. The zero-order valence-electron chi connectivity index (χ0n) is 9.33. The van der Waals surface area contributed by atoms with Gasteiger partial charge in [-0.2, -0.15) is 0 Å². The van der Waals surface area contributed by atoms with Gasteiger partial charge in [-0.15, -0.1) is 0 Å². The van der Waals surface area contributed by atoms with Crippen LogP contribution in [-0.4, -0.2) is 11.5 Å². The number of nitrogens with zero attached hydrogens (tertiary/aromatic N) is 1. The smallest absolute Gasteiger partial charge is 0.0570 e. The van der Waals surface area contributed by atoms with Gasteiger partial charge < -0.3 is 5.32 Å². The van der Waals surface area contributed by atoms with E-state index in [1.807, 2.05) is 18.3 Å². The molecule has 0 aromatic carbocycles. The molecule has 2 nitrogen and oxygen atoms in total. The molecule has 0 radical (unpaired) electrons. The molecule has 1 rings (SSSR count). The second-order valence-electron chi connectivity index (χ2n) is 4.11. The highest BCUT2D eigenvalue weighted by atomic mass is 14.9. The van der Waals surface area contributed by atoms with E-state index in [-0.39, 0.29) is 0 Å². The summed E-state index contributed by atoms with van der Waals surface area (Å²) in [5.41, 5.74) is 1.12. The Bertz CT molecular complexity index is 244. The fourth-order valence-corrected chi connectivity index (χ4v) is 1.33. The van der Waals surface area contributed by atoms with E-state index in [4.69, 9.17) is 0 Å². The molecular formula is C12H20N2. The molecule has 0 bridgehead atoms. The van der Waals surface area contributed by atoms with Crippen LogP contribution in [0.3, 0.4) is 0 Å². The minimum atomic E-state index is 0.356. The number of nitrogens with one attached hydrogen (secondary N) is 1. The van der Waals surface area contributed by atoms with Crippen molar-refractivity contribution in [3.63, 3.8) is 0 Å². The molecule has 1 aromatic rings. The second-order valence-corrected chi connectivity index (χ2v) is 4.11. The fraction of sp³-hybridized carbons (Fsp3) is 0.583. The first-order valence-electron chi connectivity index (χ1n) is 5.34. The summed E-state index contributed by atoms with van der Waals surface area (Å²) in [6.07, 6.45) is 3.06. The van der Waals surface area contributed by atoms with Crippen molar-refractivity contribution in [2.24, 2.45) is 5.92 Å². The lowest BCUT2D eigenvalue weighted by molar-refractivity contribution is 0.492. The van der Waals surface area contributed by atoms with Gasteiger partial charge in [0.1, 0.15) is 0 Å². The molecule has 2 heteroatoms. The molecule has 1 heterocycles. The normalized spacial score (nSPS) is 13.1. The van der Waals surface area contributed by atoms with Crippen LogP contribution in [0.1, 0.15) is 38.9 Å². The maximum atomic E-state index is 4.31. The molecule has 1 atom stereocenters. The lowest BCUT2D eigenvalue weighted by atomic mass is 10.1. The summed E-state index contributed by atoms with van der Waals surface area (Å²) >= 11 is 0. The van der Waals surface area contributed by atoms with Crippen molar-refractivity contribution in [2.45, 2.75) is 33.2 Å². The molecule has 1 unspecified atom stereocenters. The molecule has 0 aliphatic carbocycles. The van der Waals surface area contributed by atoms with Gasteiger partial charge in [0, 0.05) is 12.2 Å². The van der Waals surface area contributed by atoms with Crippen LogP contribution in [0.5, 0.6) is 0 Å². The number of aromatic nitrogens is 1. The van der Waals surface area contributed by atoms with Gasteiger partial charge in [0.05, 0.1) is 5.69 Å². The van der Waals surface area contributed by atoms with Crippen LogP contribution in [0.4, 0.5) is 0 Å². The minimum Gasteiger partial charge on any atom is -0.309 e. The summed E-state index contributed by atoms with van der Waals surface area (Å²) in [5, 5.41) is 3.47. The van der Waals surface area contributed by atoms with Crippen molar-refractivity contribution < 1.29 is 0 Å². The molecule has 1 aromatic heterocycles. The van der Waals surface area contributed by atoms with Crippen LogP contribution < -0.4 is 5.32 Å². The Morgan fingerprint density at radius 1 is 1.29 bits per heavy atom. The highest BCUT2D eigenvalue weighted by Gasteiger charge is 2.04. The summed E-state index contributed by atoms with van der Waals surface area (Å²) in [5.74, 6) is 0.762. The molecule has 0 amide bonds. The predicted octanol–water partition coefficient (Wildman–Crippen LogP) is 2.78. The molecule has 0 aliphatic rings. The van der Waals surface area contributed by atoms with Crippen molar-refractivity contribution in [3.8, 4) is 0 Å². The lowest BCUT2D eigenvalue weighted by Gasteiger charge is -2.13. The summed E-state index contributed by atoms with van der Waals surface area (Å²) < 4.78 is 0. The van der Waals surface area contributed by atoms with E-state index >= 15 is 0 Å². The van der Waals surface area contributed by atoms with Crippen molar-refractivity contribution in [1.82, 2.24) is 10.3 Å². The van der Waals surface area contributed by atoms with Gasteiger partial charge in [0.15, 0.2) is 0 Å². The van der Waals surface area contributed by atoms with E-state index < -0.39 is 0 Å². The number of rotatable bonds is 5. The monoisotopic (exact) mass is 192 g/mol. The zero-order chi connectivity index (χ0) is 10.4. The molecule has 0 saturated carbocycles. The van der Waals surface area contributed by atoms with Gasteiger partial charge in [0.2, 0.25) is 0 Å². The maximum Gasteiger partial charge on any atom is 0.0570 e. The first-order chi connectivity index (χ1) is 6.70. The Morgan fingerprint density at radius 2 is 2.07 bits per heavy atom. The predicted molar refractivity (Wildman–Crippen MR) is 60.1 cm³/mol. The van der Waals surface area contributed by atoms with Crippen molar-refractivity contribution in [1.29, 1.82) is 0 Å². The highest BCUT2D eigenvalue weighted by molar-refractivity contribution is 5.07. The van der Waals surface area contributed by atoms with E-state index in [1.165, 1.54) is 6.42 Å². The molecule has 0 saturated heterocycles. The summed E-state index contributed by atoms with van der Waals surface area (Å²) in [6, 6.07) is 6.40. The average Bonchev–Trinajstić information content (AvgIpc) is 2.18. The number of hydrogen-bond acceptors (Lipinski definition) is 2. The van der Waals surface area contributed by atoms with Gasteiger partial charge >= 0.3 is 0 Å². The maximum absolute atomic E-state index is 4.31. The minimum absolute atomic E-state index is 0.356. The van der Waals surface area contributed by atoms with Crippen LogP contribution in [-0.2, 0) is 0 Å². The highest BCUT2D eigenvalue weighted by Crippen LogP contribution is 2.08. The Balaban J connectivity index is 2.32. The van der Waals surface area contributed by atoms with E-state index in [1.54, 1.807) is 0 Å². The van der Waals surface area contributed by atoms with E-state index in [9.17, 15) is 0 Å². The van der Waals surface area contributed by atoms with E-state index in [2.05, 4.69) is 37.1 Å². The van der Waals surface area contributed by atoms with Gasteiger partial charge in [-0.25, -0.2) is 0 Å². The van der Waals surface area contributed by atoms with Crippen molar-refractivity contribution >= 4 is 0 Å². The molecule has 0 aliphatic heterocycles. The SMILES string of the molecule is CC(C)CCNC(C)c1ccccn1. The van der Waals surface area contributed by atoms with E-state index in [0.29, 0.717) is 6.04 Å². The Labute approximate surface area is 86.8 Å². The van der Waals surface area contributed by atoms with Crippen molar-refractivity contribution in [3.05, 3.63) is 30.1 Å². The lowest BCUT2D eigenvalue weighted by Crippen LogP contribution is -2.21. The van der Waals surface area contributed by atoms with Crippen LogP contribution in [0, 0.1) is 5.92 Å². The second kappa shape index (κ2) is 5.76. The fourth-order valence-electron chi connectivity index (χ4n) is 1.33. The molecule has 0 fully saturated rings. The van der Waals surface area contributed by atoms with Gasteiger partial charge in [-0.05, 0) is 37.9 Å². The number of hydrogen-bond donors (Lipinski definition) is 1. The Morgan fingerprint density at radius 3 is 2.64 bits per heavy atom. The van der Waals surface area contributed by atoms with Gasteiger partial charge in [-0.3, -0.25) is 4.98 Å². The van der Waals surface area contributed by atoms with Crippen LogP contribution in [0.25, 0.3) is 0 Å². The molecule has 0 spiro atoms. The summed E-state index contributed by atoms with van der Waals surface area (Å²) in [6.45, 7) is 7.71. The van der Waals surface area contributed by atoms with Crippen LogP contribution in [0.2, 0.25) is 0 Å². The first-order valence-corrected chi connectivity index (χ1v) is 5.34. The molecular weight excluding hydrogens is 172 g/mol. The third-order valence-electron chi connectivity index (χ3n) is 2.30. The quantitative estimate of drug-likeness (QED) is 0.776.